The maximum atomic E-state index is 13.3. The lowest BCUT2D eigenvalue weighted by Gasteiger charge is -2.05. The van der Waals surface area contributed by atoms with E-state index in [1.165, 1.54) is 6.07 Å². The van der Waals surface area contributed by atoms with Crippen molar-refractivity contribution in [2.45, 2.75) is 6.42 Å². The highest BCUT2D eigenvalue weighted by atomic mass is 19.1. The zero-order valence-corrected chi connectivity index (χ0v) is 10.7. The number of nitrogens with zero attached hydrogens (tertiary/aromatic N) is 1. The molecule has 0 unspecified atom stereocenters. The molecule has 0 spiro atoms. The van der Waals surface area contributed by atoms with Gasteiger partial charge in [0.2, 0.25) is 0 Å². The molecule has 1 heterocycles. The number of hydrogen-bond acceptors (Lipinski definition) is 2. The molecule has 0 aliphatic heterocycles. The molecule has 1 aromatic heterocycles. The summed E-state index contributed by atoms with van der Waals surface area (Å²) in [6.07, 6.45) is 0.702. The Morgan fingerprint density at radius 3 is 2.80 bits per heavy atom. The van der Waals surface area contributed by atoms with Gasteiger partial charge in [-0.05, 0) is 35.9 Å². The Hall–Kier alpha value is -2.62. The topological polar surface area (TPSA) is 40.7 Å². The van der Waals surface area contributed by atoms with Crippen LogP contribution in [0.4, 0.5) is 15.9 Å². The summed E-state index contributed by atoms with van der Waals surface area (Å²) in [5, 5.41) is 10.7. The summed E-state index contributed by atoms with van der Waals surface area (Å²) in [5.41, 5.74) is 5.01. The first-order valence-corrected chi connectivity index (χ1v) is 6.49. The van der Waals surface area contributed by atoms with Crippen LogP contribution < -0.4 is 5.32 Å². The molecule has 0 radical (unpaired) electrons. The summed E-state index contributed by atoms with van der Waals surface area (Å²) in [6, 6.07) is 14.8. The predicted molar refractivity (Wildman–Crippen MR) is 76.5 cm³/mol. The number of nitrogens with one attached hydrogen (secondary N) is 2. The van der Waals surface area contributed by atoms with E-state index >= 15 is 0 Å². The minimum atomic E-state index is -0.199. The van der Waals surface area contributed by atoms with Gasteiger partial charge in [0.05, 0.1) is 5.69 Å². The van der Waals surface area contributed by atoms with Gasteiger partial charge in [0, 0.05) is 23.2 Å². The van der Waals surface area contributed by atoms with Crippen LogP contribution >= 0.6 is 0 Å². The average molecular weight is 265 g/mol. The van der Waals surface area contributed by atoms with Gasteiger partial charge in [-0.2, -0.15) is 5.10 Å². The molecule has 0 bridgehead atoms. The fourth-order valence-corrected chi connectivity index (χ4v) is 2.66. The summed E-state index contributed by atoms with van der Waals surface area (Å²) in [6.45, 7) is 0. The van der Waals surface area contributed by atoms with E-state index in [4.69, 9.17) is 0 Å². The molecule has 0 amide bonds. The fourth-order valence-electron chi connectivity index (χ4n) is 2.66. The van der Waals surface area contributed by atoms with Gasteiger partial charge in [0.15, 0.2) is 0 Å². The van der Waals surface area contributed by atoms with Crippen molar-refractivity contribution in [3.63, 3.8) is 0 Å². The molecule has 0 atom stereocenters. The van der Waals surface area contributed by atoms with Crippen molar-refractivity contribution >= 4 is 11.5 Å². The lowest BCUT2D eigenvalue weighted by molar-refractivity contribution is 0.626. The minimum Gasteiger partial charge on any atom is -0.340 e. The third kappa shape index (κ3) is 1.69. The Labute approximate surface area is 115 Å². The standard InChI is InChI=1S/C16H12FN3/c17-11-6-7-13-10(8-11)9-14-15(13)19-20-16(14)18-12-4-2-1-3-5-12/h1-8H,9H2,(H2,18,19,20). The first-order valence-electron chi connectivity index (χ1n) is 6.49. The molecule has 1 aliphatic rings. The fraction of sp³-hybridized carbons (Fsp3) is 0.0625. The lowest BCUT2D eigenvalue weighted by atomic mass is 10.1. The first-order chi connectivity index (χ1) is 9.81. The van der Waals surface area contributed by atoms with Crippen molar-refractivity contribution in [3.05, 3.63) is 65.5 Å². The van der Waals surface area contributed by atoms with Gasteiger partial charge in [0.1, 0.15) is 11.6 Å². The smallest absolute Gasteiger partial charge is 0.130 e. The molecule has 2 aromatic carbocycles. The van der Waals surface area contributed by atoms with Crippen LogP contribution in [0, 0.1) is 5.82 Å². The van der Waals surface area contributed by atoms with E-state index in [1.54, 1.807) is 12.1 Å². The van der Waals surface area contributed by atoms with Crippen molar-refractivity contribution in [1.82, 2.24) is 10.2 Å². The number of H-pyrrole nitrogens is 1. The second-order valence-corrected chi connectivity index (χ2v) is 4.90. The molecular formula is C16H12FN3. The van der Waals surface area contributed by atoms with Gasteiger partial charge < -0.3 is 5.32 Å². The maximum absolute atomic E-state index is 13.3. The highest BCUT2D eigenvalue weighted by Gasteiger charge is 2.25. The van der Waals surface area contributed by atoms with E-state index in [1.807, 2.05) is 30.3 Å². The lowest BCUT2D eigenvalue weighted by Crippen LogP contribution is -1.94. The Balaban J connectivity index is 1.72. The summed E-state index contributed by atoms with van der Waals surface area (Å²) < 4.78 is 13.3. The van der Waals surface area contributed by atoms with E-state index in [9.17, 15) is 4.39 Å². The summed E-state index contributed by atoms with van der Waals surface area (Å²) in [7, 11) is 0. The van der Waals surface area contributed by atoms with Crippen LogP contribution in [-0.2, 0) is 6.42 Å². The number of rotatable bonds is 2. The molecular weight excluding hydrogens is 253 g/mol. The zero-order chi connectivity index (χ0) is 13.5. The predicted octanol–water partition coefficient (Wildman–Crippen LogP) is 3.86. The van der Waals surface area contributed by atoms with Crippen LogP contribution in [0.2, 0.25) is 0 Å². The average Bonchev–Trinajstić information content (AvgIpc) is 2.99. The minimum absolute atomic E-state index is 0.199. The molecule has 20 heavy (non-hydrogen) atoms. The Morgan fingerprint density at radius 1 is 1.10 bits per heavy atom. The molecule has 2 N–H and O–H groups in total. The Kier molecular flexibility index (Phi) is 2.36. The first kappa shape index (κ1) is 11.2. The molecule has 0 fully saturated rings. The summed E-state index contributed by atoms with van der Waals surface area (Å²) >= 11 is 0. The van der Waals surface area contributed by atoms with E-state index in [-0.39, 0.29) is 5.82 Å². The maximum Gasteiger partial charge on any atom is 0.130 e. The molecule has 0 saturated heterocycles. The third-order valence-corrected chi connectivity index (χ3v) is 3.60. The number of benzene rings is 2. The summed E-state index contributed by atoms with van der Waals surface area (Å²) in [4.78, 5) is 0. The van der Waals surface area contributed by atoms with Gasteiger partial charge in [0.25, 0.3) is 0 Å². The van der Waals surface area contributed by atoms with Crippen molar-refractivity contribution in [3.8, 4) is 11.3 Å². The number of aromatic amines is 1. The Bertz CT molecular complexity index is 778. The Morgan fingerprint density at radius 2 is 1.95 bits per heavy atom. The van der Waals surface area contributed by atoms with Gasteiger partial charge >= 0.3 is 0 Å². The van der Waals surface area contributed by atoms with Crippen LogP contribution in [-0.4, -0.2) is 10.2 Å². The number of anilines is 2. The summed E-state index contributed by atoms with van der Waals surface area (Å²) in [5.74, 6) is 0.679. The number of hydrogen-bond donors (Lipinski definition) is 2. The van der Waals surface area contributed by atoms with E-state index in [2.05, 4.69) is 15.5 Å². The number of para-hydroxylation sites is 1. The van der Waals surface area contributed by atoms with Crippen molar-refractivity contribution in [2.24, 2.45) is 0 Å². The van der Waals surface area contributed by atoms with Gasteiger partial charge in [-0.15, -0.1) is 0 Å². The zero-order valence-electron chi connectivity index (χ0n) is 10.7. The highest BCUT2D eigenvalue weighted by molar-refractivity contribution is 5.79. The van der Waals surface area contributed by atoms with Crippen molar-refractivity contribution in [1.29, 1.82) is 0 Å². The SMILES string of the molecule is Fc1ccc2c(c1)Cc1c-2n[nH]c1Nc1ccccc1. The van der Waals surface area contributed by atoms with E-state index in [0.717, 1.165) is 33.9 Å². The molecule has 1 aliphatic carbocycles. The number of halogens is 1. The van der Waals surface area contributed by atoms with Crippen LogP contribution in [0.3, 0.4) is 0 Å². The highest BCUT2D eigenvalue weighted by Crippen LogP contribution is 2.39. The van der Waals surface area contributed by atoms with Crippen LogP contribution in [0.1, 0.15) is 11.1 Å². The quantitative estimate of drug-likeness (QED) is 0.577. The third-order valence-electron chi connectivity index (χ3n) is 3.60. The molecule has 4 rings (SSSR count). The largest absolute Gasteiger partial charge is 0.340 e. The van der Waals surface area contributed by atoms with Crippen molar-refractivity contribution < 1.29 is 4.39 Å². The van der Waals surface area contributed by atoms with Gasteiger partial charge in [-0.3, -0.25) is 5.10 Å². The number of fused-ring (bicyclic) bond motifs is 3. The van der Waals surface area contributed by atoms with Crippen LogP contribution in [0.5, 0.6) is 0 Å². The molecule has 3 aromatic rings. The van der Waals surface area contributed by atoms with E-state index in [0.29, 0.717) is 6.42 Å². The normalized spacial score (nSPS) is 12.1. The molecule has 98 valence electrons. The second kappa shape index (κ2) is 4.20. The monoisotopic (exact) mass is 265 g/mol. The van der Waals surface area contributed by atoms with Crippen molar-refractivity contribution in [2.75, 3.05) is 5.32 Å². The molecule has 0 saturated carbocycles. The van der Waals surface area contributed by atoms with Crippen LogP contribution in [0.15, 0.2) is 48.5 Å². The van der Waals surface area contributed by atoms with Gasteiger partial charge in [-0.25, -0.2) is 4.39 Å². The molecule has 3 nitrogen and oxygen atoms in total. The number of aromatic nitrogens is 2. The van der Waals surface area contributed by atoms with Crippen LogP contribution in [0.25, 0.3) is 11.3 Å². The molecule has 4 heteroatoms. The van der Waals surface area contributed by atoms with E-state index < -0.39 is 0 Å². The van der Waals surface area contributed by atoms with Gasteiger partial charge in [-0.1, -0.05) is 18.2 Å². The second-order valence-electron chi connectivity index (χ2n) is 4.90.